The van der Waals surface area contributed by atoms with Crippen molar-refractivity contribution in [1.82, 2.24) is 0 Å². The van der Waals surface area contributed by atoms with Crippen LogP contribution in [0.1, 0.15) is 6.92 Å². The third kappa shape index (κ3) is 5.44. The van der Waals surface area contributed by atoms with Gasteiger partial charge in [0.05, 0.1) is 5.69 Å². The molecule has 0 aliphatic rings. The zero-order chi connectivity index (χ0) is 15.1. The number of halogens is 1. The number of carbonyl (C=O) groups is 3. The van der Waals surface area contributed by atoms with Gasteiger partial charge in [0.25, 0.3) is 0 Å². The van der Waals surface area contributed by atoms with Gasteiger partial charge in [0.1, 0.15) is 19.0 Å². The fraction of sp³-hybridized carbons (Fsp3) is 0.250. The number of aliphatic carboxylic acids is 1. The number of amides is 2. The first-order chi connectivity index (χ1) is 9.38. The molecule has 0 bridgehead atoms. The molecule has 0 aliphatic carbocycles. The summed E-state index contributed by atoms with van der Waals surface area (Å²) in [6.07, 6.45) is 0. The predicted molar refractivity (Wildman–Crippen MR) is 67.8 cm³/mol. The Kier molecular flexibility index (Phi) is 5.60. The molecule has 108 valence electrons. The molecule has 0 atom stereocenters. The molecular weight excluding hydrogens is 271 g/mol. The Morgan fingerprint density at radius 2 is 1.95 bits per heavy atom. The summed E-state index contributed by atoms with van der Waals surface area (Å²) < 4.78 is 17.9. The van der Waals surface area contributed by atoms with Gasteiger partial charge in [-0.3, -0.25) is 9.59 Å². The molecule has 2 amide bonds. The number of carboxylic acids is 1. The maximum Gasteiger partial charge on any atom is 0.329 e. The van der Waals surface area contributed by atoms with E-state index in [2.05, 4.69) is 15.4 Å². The van der Waals surface area contributed by atoms with Crippen molar-refractivity contribution >= 4 is 29.2 Å². The molecule has 0 saturated carbocycles. The van der Waals surface area contributed by atoms with Gasteiger partial charge in [-0.25, -0.2) is 9.18 Å². The highest BCUT2D eigenvalue weighted by atomic mass is 19.1. The quantitative estimate of drug-likeness (QED) is 0.717. The van der Waals surface area contributed by atoms with E-state index in [9.17, 15) is 18.8 Å². The first-order valence-electron chi connectivity index (χ1n) is 5.55. The summed E-state index contributed by atoms with van der Waals surface area (Å²) in [5.41, 5.74) is 0.181. The molecule has 0 unspecified atom stereocenters. The van der Waals surface area contributed by atoms with Crippen LogP contribution in [0, 0.1) is 5.82 Å². The van der Waals surface area contributed by atoms with Gasteiger partial charge in [0.15, 0.2) is 0 Å². The van der Waals surface area contributed by atoms with E-state index in [0.29, 0.717) is 0 Å². The summed E-state index contributed by atoms with van der Waals surface area (Å²) >= 11 is 0. The number of carbonyl (C=O) groups excluding carboxylic acids is 2. The summed E-state index contributed by atoms with van der Waals surface area (Å²) in [6.45, 7) is 0.192. The third-order valence-electron chi connectivity index (χ3n) is 2.02. The van der Waals surface area contributed by atoms with Crippen molar-refractivity contribution in [3.05, 3.63) is 24.0 Å². The van der Waals surface area contributed by atoms with Crippen LogP contribution < -0.4 is 10.6 Å². The molecule has 1 aromatic carbocycles. The topological polar surface area (TPSA) is 105 Å². The van der Waals surface area contributed by atoms with E-state index in [1.54, 1.807) is 0 Å². The summed E-state index contributed by atoms with van der Waals surface area (Å²) in [4.78, 5) is 32.5. The van der Waals surface area contributed by atoms with Gasteiger partial charge in [0.2, 0.25) is 11.8 Å². The van der Waals surface area contributed by atoms with Gasteiger partial charge in [-0.05, 0) is 18.2 Å². The molecule has 0 aromatic heterocycles. The molecular formula is C12H13FN2O5. The molecule has 0 radical (unpaired) electrons. The minimum Gasteiger partial charge on any atom is -0.480 e. The largest absolute Gasteiger partial charge is 0.480 e. The minimum atomic E-state index is -1.19. The number of anilines is 2. The number of nitrogens with one attached hydrogen (secondary N) is 2. The van der Waals surface area contributed by atoms with Crippen molar-refractivity contribution in [2.24, 2.45) is 0 Å². The number of benzene rings is 1. The van der Waals surface area contributed by atoms with Crippen LogP contribution in [-0.4, -0.2) is 36.1 Å². The van der Waals surface area contributed by atoms with Crippen molar-refractivity contribution < 1.29 is 28.6 Å². The highest BCUT2D eigenvalue weighted by molar-refractivity contribution is 5.94. The van der Waals surface area contributed by atoms with Gasteiger partial charge in [0, 0.05) is 12.6 Å². The van der Waals surface area contributed by atoms with Gasteiger partial charge in [-0.1, -0.05) is 0 Å². The van der Waals surface area contributed by atoms with E-state index in [0.717, 1.165) is 6.07 Å². The maximum absolute atomic E-state index is 13.3. The van der Waals surface area contributed by atoms with Crippen LogP contribution in [0.25, 0.3) is 0 Å². The van der Waals surface area contributed by atoms with E-state index in [1.165, 1.54) is 19.1 Å². The zero-order valence-corrected chi connectivity index (χ0v) is 10.6. The number of hydrogen-bond acceptors (Lipinski definition) is 4. The normalized spacial score (nSPS) is 9.90. The Labute approximate surface area is 113 Å². The zero-order valence-electron chi connectivity index (χ0n) is 10.6. The Hall–Kier alpha value is -2.48. The molecule has 0 fully saturated rings. The van der Waals surface area contributed by atoms with Gasteiger partial charge >= 0.3 is 5.97 Å². The van der Waals surface area contributed by atoms with Crippen molar-refractivity contribution in [1.29, 1.82) is 0 Å². The van der Waals surface area contributed by atoms with Crippen molar-refractivity contribution in [3.8, 4) is 0 Å². The fourth-order valence-corrected chi connectivity index (χ4v) is 1.32. The number of carboxylic acid groups (broad SMARTS) is 1. The van der Waals surface area contributed by atoms with Crippen LogP contribution in [-0.2, 0) is 19.1 Å². The second-order valence-corrected chi connectivity index (χ2v) is 3.81. The molecule has 1 rings (SSSR count). The van der Waals surface area contributed by atoms with Crippen molar-refractivity contribution in [2.45, 2.75) is 6.92 Å². The number of ether oxygens (including phenoxy) is 1. The SMILES string of the molecule is CC(=O)Nc1cc(NC(=O)COCC(=O)O)ccc1F. The van der Waals surface area contributed by atoms with Crippen LogP contribution in [0.5, 0.6) is 0 Å². The Morgan fingerprint density at radius 3 is 2.55 bits per heavy atom. The average molecular weight is 284 g/mol. The van der Waals surface area contributed by atoms with E-state index in [-0.39, 0.29) is 11.4 Å². The number of rotatable bonds is 6. The van der Waals surface area contributed by atoms with Gasteiger partial charge in [-0.15, -0.1) is 0 Å². The number of hydrogen-bond donors (Lipinski definition) is 3. The summed E-state index contributed by atoms with van der Waals surface area (Å²) in [5, 5.41) is 13.0. The van der Waals surface area contributed by atoms with Gasteiger partial charge in [-0.2, -0.15) is 0 Å². The van der Waals surface area contributed by atoms with E-state index in [4.69, 9.17) is 5.11 Å². The first kappa shape index (κ1) is 15.6. The Morgan fingerprint density at radius 1 is 1.25 bits per heavy atom. The lowest BCUT2D eigenvalue weighted by Gasteiger charge is -2.08. The minimum absolute atomic E-state index is 0.0678. The second-order valence-electron chi connectivity index (χ2n) is 3.81. The van der Waals surface area contributed by atoms with Crippen LogP contribution in [0.4, 0.5) is 15.8 Å². The van der Waals surface area contributed by atoms with Crippen LogP contribution in [0.3, 0.4) is 0 Å². The highest BCUT2D eigenvalue weighted by Crippen LogP contribution is 2.19. The van der Waals surface area contributed by atoms with E-state index >= 15 is 0 Å². The smallest absolute Gasteiger partial charge is 0.329 e. The third-order valence-corrected chi connectivity index (χ3v) is 2.02. The molecule has 0 saturated heterocycles. The van der Waals surface area contributed by atoms with Crippen LogP contribution in [0.2, 0.25) is 0 Å². The maximum atomic E-state index is 13.3. The average Bonchev–Trinajstić information content (AvgIpc) is 2.32. The molecule has 20 heavy (non-hydrogen) atoms. The molecule has 7 nitrogen and oxygen atoms in total. The standard InChI is InChI=1S/C12H13FN2O5/c1-7(16)14-10-4-8(2-3-9(10)13)15-11(17)5-20-6-12(18)19/h2-4H,5-6H2,1H3,(H,14,16)(H,15,17)(H,18,19). The molecule has 8 heteroatoms. The Balaban J connectivity index is 2.61. The van der Waals surface area contributed by atoms with Crippen LogP contribution in [0.15, 0.2) is 18.2 Å². The van der Waals surface area contributed by atoms with Crippen LogP contribution >= 0.6 is 0 Å². The lowest BCUT2D eigenvalue weighted by atomic mass is 10.2. The molecule has 0 heterocycles. The predicted octanol–water partition coefficient (Wildman–Crippen LogP) is 0.824. The van der Waals surface area contributed by atoms with Crippen molar-refractivity contribution in [2.75, 3.05) is 23.8 Å². The molecule has 3 N–H and O–H groups in total. The lowest BCUT2D eigenvalue weighted by Crippen LogP contribution is -2.20. The highest BCUT2D eigenvalue weighted by Gasteiger charge is 2.08. The lowest BCUT2D eigenvalue weighted by molar-refractivity contribution is -0.143. The van der Waals surface area contributed by atoms with Gasteiger partial charge < -0.3 is 20.5 Å². The fourth-order valence-electron chi connectivity index (χ4n) is 1.32. The Bertz CT molecular complexity index is 533. The second kappa shape index (κ2) is 7.19. The summed E-state index contributed by atoms with van der Waals surface area (Å²) in [5.74, 6) is -2.86. The van der Waals surface area contributed by atoms with E-state index in [1.807, 2.05) is 0 Å². The molecule has 0 spiro atoms. The summed E-state index contributed by atoms with van der Waals surface area (Å²) in [7, 11) is 0. The first-order valence-corrected chi connectivity index (χ1v) is 5.55. The molecule has 1 aromatic rings. The summed E-state index contributed by atoms with van der Waals surface area (Å²) in [6, 6.07) is 3.63. The van der Waals surface area contributed by atoms with E-state index < -0.39 is 36.8 Å². The molecule has 0 aliphatic heterocycles. The van der Waals surface area contributed by atoms with Crippen molar-refractivity contribution in [3.63, 3.8) is 0 Å². The monoisotopic (exact) mass is 284 g/mol.